The quantitative estimate of drug-likeness (QED) is 0.803. The molecule has 0 aliphatic carbocycles. The summed E-state index contributed by atoms with van der Waals surface area (Å²) in [5.41, 5.74) is -0.344. The van der Waals surface area contributed by atoms with Gasteiger partial charge in [-0.05, 0) is 24.7 Å². The number of hydrogen-bond acceptors (Lipinski definition) is 4. The molecular formula is C17H23NO4. The molecule has 0 radical (unpaired) electrons. The van der Waals surface area contributed by atoms with Gasteiger partial charge in [-0.3, -0.25) is 9.59 Å². The van der Waals surface area contributed by atoms with Crippen LogP contribution < -0.4 is 10.2 Å². The molecule has 0 saturated carbocycles. The first kappa shape index (κ1) is 16.3. The highest BCUT2D eigenvalue weighted by Crippen LogP contribution is 2.37. The van der Waals surface area contributed by atoms with Gasteiger partial charge in [0.15, 0.2) is 5.76 Å². The van der Waals surface area contributed by atoms with Gasteiger partial charge < -0.3 is 14.1 Å². The lowest BCUT2D eigenvalue weighted by atomic mass is 9.75. The summed E-state index contributed by atoms with van der Waals surface area (Å²) >= 11 is 0. The number of nitrogens with zero attached hydrogens (tertiary/aromatic N) is 1. The Morgan fingerprint density at radius 3 is 2.91 bits per heavy atom. The van der Waals surface area contributed by atoms with Gasteiger partial charge in [0.25, 0.3) is 5.91 Å². The summed E-state index contributed by atoms with van der Waals surface area (Å²) < 4.78 is 10.2. The van der Waals surface area contributed by atoms with Gasteiger partial charge in [0.2, 0.25) is 11.2 Å². The van der Waals surface area contributed by atoms with E-state index in [1.54, 1.807) is 4.90 Å². The standard InChI is InChI=1S/C17H23NO4/c1-5-7-15-17(2,3)8-6-9-18(15)16(20)13-10-12(19)14(21-4)11-22-13/h5,10-11,15H,1,6-9H2,2-4H3. The second-order valence-electron chi connectivity index (χ2n) is 6.31. The number of carbonyl (C=O) groups is 1. The van der Waals surface area contributed by atoms with E-state index in [0.717, 1.165) is 19.3 Å². The van der Waals surface area contributed by atoms with Crippen LogP contribution in [0.15, 0.2) is 34.2 Å². The number of likely N-dealkylation sites (tertiary alicyclic amines) is 1. The van der Waals surface area contributed by atoms with E-state index in [0.29, 0.717) is 6.54 Å². The molecular weight excluding hydrogens is 282 g/mol. The van der Waals surface area contributed by atoms with Gasteiger partial charge in [-0.15, -0.1) is 6.58 Å². The number of piperidine rings is 1. The van der Waals surface area contributed by atoms with E-state index >= 15 is 0 Å². The van der Waals surface area contributed by atoms with Crippen molar-refractivity contribution in [3.8, 4) is 5.75 Å². The predicted molar refractivity (Wildman–Crippen MR) is 84.2 cm³/mol. The molecule has 1 atom stereocenters. The Morgan fingerprint density at radius 2 is 2.32 bits per heavy atom. The third-order valence-electron chi connectivity index (χ3n) is 4.38. The van der Waals surface area contributed by atoms with Crippen LogP contribution in [0, 0.1) is 5.41 Å². The molecule has 22 heavy (non-hydrogen) atoms. The molecule has 1 unspecified atom stereocenters. The number of ether oxygens (including phenoxy) is 1. The zero-order valence-electron chi connectivity index (χ0n) is 13.4. The maximum Gasteiger partial charge on any atom is 0.289 e. The molecule has 1 aromatic heterocycles. The minimum atomic E-state index is -0.353. The molecule has 0 spiro atoms. The molecule has 120 valence electrons. The first-order valence-electron chi connectivity index (χ1n) is 7.49. The van der Waals surface area contributed by atoms with Crippen molar-refractivity contribution in [3.05, 3.63) is 41.0 Å². The lowest BCUT2D eigenvalue weighted by molar-refractivity contribution is 0.0259. The molecule has 0 bridgehead atoms. The molecule has 5 nitrogen and oxygen atoms in total. The van der Waals surface area contributed by atoms with Crippen molar-refractivity contribution < 1.29 is 13.9 Å². The largest absolute Gasteiger partial charge is 0.490 e. The highest BCUT2D eigenvalue weighted by atomic mass is 16.5. The van der Waals surface area contributed by atoms with E-state index in [4.69, 9.17) is 9.15 Å². The summed E-state index contributed by atoms with van der Waals surface area (Å²) in [7, 11) is 1.39. The zero-order valence-corrected chi connectivity index (χ0v) is 13.4. The van der Waals surface area contributed by atoms with Gasteiger partial charge >= 0.3 is 0 Å². The summed E-state index contributed by atoms with van der Waals surface area (Å²) in [6, 6.07) is 1.26. The summed E-state index contributed by atoms with van der Waals surface area (Å²) in [5.74, 6) is -0.102. The molecule has 1 aromatic rings. The van der Waals surface area contributed by atoms with Crippen LogP contribution in [0.1, 0.15) is 43.7 Å². The number of methoxy groups -OCH3 is 1. The first-order valence-corrected chi connectivity index (χ1v) is 7.49. The minimum Gasteiger partial charge on any atom is -0.490 e. The van der Waals surface area contributed by atoms with Gasteiger partial charge in [0.1, 0.15) is 6.26 Å². The average molecular weight is 305 g/mol. The van der Waals surface area contributed by atoms with E-state index in [1.807, 2.05) is 6.08 Å². The van der Waals surface area contributed by atoms with E-state index in [2.05, 4.69) is 20.4 Å². The first-order chi connectivity index (χ1) is 10.4. The van der Waals surface area contributed by atoms with Crippen molar-refractivity contribution >= 4 is 5.91 Å². The Bertz CT molecular complexity index is 617. The molecule has 1 aliphatic rings. The van der Waals surface area contributed by atoms with Crippen molar-refractivity contribution in [3.63, 3.8) is 0 Å². The van der Waals surface area contributed by atoms with E-state index in [1.165, 1.54) is 19.4 Å². The lowest BCUT2D eigenvalue weighted by Gasteiger charge is -2.46. The third-order valence-corrected chi connectivity index (χ3v) is 4.38. The molecule has 1 aliphatic heterocycles. The average Bonchev–Trinajstić information content (AvgIpc) is 2.48. The van der Waals surface area contributed by atoms with E-state index in [-0.39, 0.29) is 34.3 Å². The zero-order chi connectivity index (χ0) is 16.3. The van der Waals surface area contributed by atoms with Crippen molar-refractivity contribution in [1.82, 2.24) is 4.90 Å². The van der Waals surface area contributed by atoms with Crippen molar-refractivity contribution in [2.45, 2.75) is 39.2 Å². The van der Waals surface area contributed by atoms with Crippen LogP contribution in [0.5, 0.6) is 5.75 Å². The van der Waals surface area contributed by atoms with E-state index in [9.17, 15) is 9.59 Å². The topological polar surface area (TPSA) is 59.8 Å². The third kappa shape index (κ3) is 3.08. The highest BCUT2D eigenvalue weighted by Gasteiger charge is 2.39. The van der Waals surface area contributed by atoms with Gasteiger partial charge in [0.05, 0.1) is 7.11 Å². The summed E-state index contributed by atoms with van der Waals surface area (Å²) in [6.07, 6.45) is 5.74. The Balaban J connectivity index is 2.32. The second-order valence-corrected chi connectivity index (χ2v) is 6.31. The van der Waals surface area contributed by atoms with Crippen LogP contribution in [0.2, 0.25) is 0 Å². The van der Waals surface area contributed by atoms with Crippen LogP contribution >= 0.6 is 0 Å². The molecule has 2 rings (SSSR count). The van der Waals surface area contributed by atoms with E-state index < -0.39 is 0 Å². The maximum atomic E-state index is 12.7. The molecule has 2 heterocycles. The Hall–Kier alpha value is -2.04. The lowest BCUT2D eigenvalue weighted by Crippen LogP contribution is -2.52. The molecule has 1 fully saturated rings. The monoisotopic (exact) mass is 305 g/mol. The number of amides is 1. The highest BCUT2D eigenvalue weighted by molar-refractivity contribution is 5.91. The van der Waals surface area contributed by atoms with Crippen LogP contribution in [0.4, 0.5) is 0 Å². The maximum absolute atomic E-state index is 12.7. The van der Waals surface area contributed by atoms with Gasteiger partial charge in [0, 0.05) is 18.7 Å². The minimum absolute atomic E-state index is 0.00879. The van der Waals surface area contributed by atoms with Crippen LogP contribution in [-0.4, -0.2) is 30.5 Å². The molecule has 0 aromatic carbocycles. The fraction of sp³-hybridized carbons (Fsp3) is 0.529. The van der Waals surface area contributed by atoms with Crippen LogP contribution in [-0.2, 0) is 0 Å². The van der Waals surface area contributed by atoms with Crippen LogP contribution in [0.3, 0.4) is 0 Å². The normalized spacial score (nSPS) is 20.5. The van der Waals surface area contributed by atoms with Crippen molar-refractivity contribution in [1.29, 1.82) is 0 Å². The predicted octanol–water partition coefficient (Wildman–Crippen LogP) is 2.86. The number of carbonyl (C=O) groups excluding carboxylic acids is 1. The Kier molecular flexibility index (Phi) is 4.74. The Morgan fingerprint density at radius 1 is 1.59 bits per heavy atom. The summed E-state index contributed by atoms with van der Waals surface area (Å²) in [6.45, 7) is 8.77. The SMILES string of the molecule is C=CCC1N(C(=O)c2cc(=O)c(OC)co2)CCCC1(C)C. The fourth-order valence-electron chi connectivity index (χ4n) is 3.10. The summed E-state index contributed by atoms with van der Waals surface area (Å²) in [5, 5.41) is 0. The number of rotatable bonds is 4. The van der Waals surface area contributed by atoms with Crippen molar-refractivity contribution in [2.75, 3.05) is 13.7 Å². The van der Waals surface area contributed by atoms with Gasteiger partial charge in [-0.1, -0.05) is 19.9 Å². The second kappa shape index (κ2) is 6.38. The number of hydrogen-bond donors (Lipinski definition) is 0. The molecule has 5 heteroatoms. The fourth-order valence-corrected chi connectivity index (χ4v) is 3.10. The van der Waals surface area contributed by atoms with Crippen molar-refractivity contribution in [2.24, 2.45) is 5.41 Å². The van der Waals surface area contributed by atoms with Gasteiger partial charge in [-0.25, -0.2) is 0 Å². The summed E-state index contributed by atoms with van der Waals surface area (Å²) in [4.78, 5) is 26.4. The molecule has 1 amide bonds. The Labute approximate surface area is 130 Å². The molecule has 1 saturated heterocycles. The smallest absolute Gasteiger partial charge is 0.289 e. The molecule has 0 N–H and O–H groups in total. The van der Waals surface area contributed by atoms with Gasteiger partial charge in [-0.2, -0.15) is 0 Å². The van der Waals surface area contributed by atoms with Crippen LogP contribution in [0.25, 0.3) is 0 Å².